The summed E-state index contributed by atoms with van der Waals surface area (Å²) in [5, 5.41) is 0.747. The van der Waals surface area contributed by atoms with Crippen molar-refractivity contribution in [1.29, 1.82) is 0 Å². The molecule has 2 rings (SSSR count). The van der Waals surface area contributed by atoms with Crippen molar-refractivity contribution in [3.05, 3.63) is 57.8 Å². The molecule has 5 heteroatoms. The Hall–Kier alpha value is -1.45. The third kappa shape index (κ3) is 3.00. The Kier molecular flexibility index (Phi) is 4.41. The number of nitrogen functional groups attached to an aromatic ring is 1. The number of anilines is 2. The second kappa shape index (κ2) is 5.90. The average Bonchev–Trinajstić information content (AvgIpc) is 2.42. The molecule has 0 aromatic heterocycles. The van der Waals surface area contributed by atoms with Crippen molar-refractivity contribution in [3.8, 4) is 0 Å². The molecule has 0 aliphatic carbocycles. The largest absolute Gasteiger partial charge is 0.397 e. The van der Waals surface area contributed by atoms with Crippen LogP contribution in [0.3, 0.4) is 0 Å². The van der Waals surface area contributed by atoms with Crippen LogP contribution in [0.5, 0.6) is 0 Å². The number of rotatable bonds is 3. The molecule has 2 N–H and O–H groups in total. The van der Waals surface area contributed by atoms with Gasteiger partial charge in [0.05, 0.1) is 22.4 Å². The first kappa shape index (κ1) is 14.9. The van der Waals surface area contributed by atoms with Crippen LogP contribution in [0.15, 0.2) is 36.4 Å². The van der Waals surface area contributed by atoms with Crippen LogP contribution < -0.4 is 10.6 Å². The molecule has 0 aliphatic heterocycles. The lowest BCUT2D eigenvalue weighted by Crippen LogP contribution is -2.22. The minimum Gasteiger partial charge on any atom is -0.397 e. The van der Waals surface area contributed by atoms with Crippen molar-refractivity contribution in [3.63, 3.8) is 0 Å². The molecule has 106 valence electrons. The summed E-state index contributed by atoms with van der Waals surface area (Å²) in [4.78, 5) is 1.95. The maximum atomic E-state index is 13.3. The van der Waals surface area contributed by atoms with Gasteiger partial charge in [0.1, 0.15) is 5.82 Å². The van der Waals surface area contributed by atoms with E-state index in [9.17, 15) is 4.39 Å². The highest BCUT2D eigenvalue weighted by molar-refractivity contribution is 6.31. The lowest BCUT2D eigenvalue weighted by molar-refractivity contribution is 0.628. The van der Waals surface area contributed by atoms with Crippen LogP contribution in [0.4, 0.5) is 15.8 Å². The molecule has 1 atom stereocenters. The first-order valence-electron chi connectivity index (χ1n) is 6.13. The van der Waals surface area contributed by atoms with Gasteiger partial charge < -0.3 is 10.6 Å². The minimum atomic E-state index is -0.513. The molecule has 0 saturated carbocycles. The molecule has 0 heterocycles. The summed E-state index contributed by atoms with van der Waals surface area (Å²) < 4.78 is 13.3. The first-order valence-corrected chi connectivity index (χ1v) is 6.88. The summed E-state index contributed by atoms with van der Waals surface area (Å²) in [6, 6.07) is 10.4. The monoisotopic (exact) mass is 312 g/mol. The van der Waals surface area contributed by atoms with Crippen LogP contribution in [0.1, 0.15) is 18.5 Å². The van der Waals surface area contributed by atoms with E-state index >= 15 is 0 Å². The van der Waals surface area contributed by atoms with Gasteiger partial charge in [-0.15, -0.1) is 0 Å². The van der Waals surface area contributed by atoms with Crippen molar-refractivity contribution < 1.29 is 4.39 Å². The van der Waals surface area contributed by atoms with Crippen molar-refractivity contribution in [1.82, 2.24) is 0 Å². The van der Waals surface area contributed by atoms with Crippen LogP contribution in [0.2, 0.25) is 10.0 Å². The maximum Gasteiger partial charge on any atom is 0.143 e. The van der Waals surface area contributed by atoms with E-state index in [1.807, 2.05) is 43.1 Å². The van der Waals surface area contributed by atoms with Crippen LogP contribution in [-0.4, -0.2) is 7.05 Å². The van der Waals surface area contributed by atoms with Crippen LogP contribution in [-0.2, 0) is 0 Å². The van der Waals surface area contributed by atoms with Gasteiger partial charge in [-0.3, -0.25) is 0 Å². The predicted molar refractivity (Wildman–Crippen MR) is 84.1 cm³/mol. The van der Waals surface area contributed by atoms with E-state index in [1.165, 1.54) is 6.07 Å². The highest BCUT2D eigenvalue weighted by atomic mass is 35.5. The van der Waals surface area contributed by atoms with E-state index in [-0.39, 0.29) is 11.1 Å². The van der Waals surface area contributed by atoms with Crippen LogP contribution in [0, 0.1) is 5.82 Å². The summed E-state index contributed by atoms with van der Waals surface area (Å²) in [6.45, 7) is 2.03. The van der Waals surface area contributed by atoms with E-state index < -0.39 is 5.82 Å². The molecular weight excluding hydrogens is 298 g/mol. The maximum absolute atomic E-state index is 13.3. The number of nitrogens with zero attached hydrogens (tertiary/aromatic N) is 1. The molecule has 2 aromatic carbocycles. The Bertz CT molecular complexity index is 614. The third-order valence-corrected chi connectivity index (χ3v) is 3.92. The Morgan fingerprint density at radius 1 is 1.15 bits per heavy atom. The topological polar surface area (TPSA) is 29.3 Å². The standard InChI is InChI=1S/C15H15Cl2FN2/c1-9(10-3-5-11(16)6-4-10)20(2)15-7-12(17)13(18)8-14(15)19/h3-9H,19H2,1-2H3. The summed E-state index contributed by atoms with van der Waals surface area (Å²) in [5.74, 6) is -0.513. The second-order valence-electron chi connectivity index (χ2n) is 4.66. The van der Waals surface area contributed by atoms with Crippen LogP contribution >= 0.6 is 23.2 Å². The van der Waals surface area contributed by atoms with Gasteiger partial charge in [-0.2, -0.15) is 0 Å². The summed E-state index contributed by atoms with van der Waals surface area (Å²) in [5.41, 5.74) is 8.00. The van der Waals surface area contributed by atoms with Gasteiger partial charge in [0.15, 0.2) is 0 Å². The molecule has 0 saturated heterocycles. The smallest absolute Gasteiger partial charge is 0.143 e. The van der Waals surface area contributed by atoms with E-state index in [0.29, 0.717) is 16.4 Å². The van der Waals surface area contributed by atoms with Gasteiger partial charge in [0.2, 0.25) is 0 Å². The van der Waals surface area contributed by atoms with E-state index in [2.05, 4.69) is 0 Å². The van der Waals surface area contributed by atoms with E-state index in [0.717, 1.165) is 5.56 Å². The Morgan fingerprint density at radius 3 is 2.35 bits per heavy atom. The van der Waals surface area contributed by atoms with Gasteiger partial charge in [0, 0.05) is 18.1 Å². The average molecular weight is 313 g/mol. The van der Waals surface area contributed by atoms with E-state index in [1.54, 1.807) is 6.07 Å². The molecule has 0 spiro atoms. The molecule has 2 aromatic rings. The molecule has 0 aliphatic rings. The summed E-state index contributed by atoms with van der Waals surface area (Å²) in [6.07, 6.45) is 0. The Balaban J connectivity index is 2.33. The fraction of sp³-hybridized carbons (Fsp3) is 0.200. The number of hydrogen-bond acceptors (Lipinski definition) is 2. The number of halogens is 3. The molecule has 1 unspecified atom stereocenters. The minimum absolute atomic E-state index is 0.0519. The lowest BCUT2D eigenvalue weighted by Gasteiger charge is -2.28. The molecule has 2 nitrogen and oxygen atoms in total. The zero-order valence-corrected chi connectivity index (χ0v) is 12.7. The van der Waals surface area contributed by atoms with Gasteiger partial charge in [-0.05, 0) is 30.7 Å². The van der Waals surface area contributed by atoms with Crippen molar-refractivity contribution in [2.24, 2.45) is 0 Å². The third-order valence-electron chi connectivity index (χ3n) is 3.38. The Morgan fingerprint density at radius 2 is 1.75 bits per heavy atom. The van der Waals surface area contributed by atoms with Crippen molar-refractivity contribution >= 4 is 34.6 Å². The van der Waals surface area contributed by atoms with Crippen LogP contribution in [0.25, 0.3) is 0 Å². The molecule has 20 heavy (non-hydrogen) atoms. The first-order chi connectivity index (χ1) is 9.40. The molecular formula is C15H15Cl2FN2. The zero-order chi connectivity index (χ0) is 14.9. The summed E-state index contributed by atoms with van der Waals surface area (Å²) in [7, 11) is 1.89. The van der Waals surface area contributed by atoms with E-state index in [4.69, 9.17) is 28.9 Å². The molecule has 0 bridgehead atoms. The van der Waals surface area contributed by atoms with Gasteiger partial charge in [0.25, 0.3) is 0 Å². The zero-order valence-electron chi connectivity index (χ0n) is 11.2. The quantitative estimate of drug-likeness (QED) is 0.816. The van der Waals surface area contributed by atoms with Gasteiger partial charge >= 0.3 is 0 Å². The number of nitrogens with two attached hydrogens (primary N) is 1. The fourth-order valence-corrected chi connectivity index (χ4v) is 2.31. The highest BCUT2D eigenvalue weighted by Gasteiger charge is 2.16. The Labute approximate surface area is 127 Å². The van der Waals surface area contributed by atoms with Crippen molar-refractivity contribution in [2.75, 3.05) is 17.7 Å². The van der Waals surface area contributed by atoms with Gasteiger partial charge in [-0.25, -0.2) is 4.39 Å². The second-order valence-corrected chi connectivity index (χ2v) is 5.51. The number of hydrogen-bond donors (Lipinski definition) is 1. The lowest BCUT2D eigenvalue weighted by atomic mass is 10.1. The number of benzene rings is 2. The normalized spacial score (nSPS) is 12.2. The van der Waals surface area contributed by atoms with Gasteiger partial charge in [-0.1, -0.05) is 35.3 Å². The molecule has 0 radical (unpaired) electrons. The predicted octanol–water partition coefficient (Wildman–Crippen LogP) is 4.91. The highest BCUT2D eigenvalue weighted by Crippen LogP contribution is 2.33. The van der Waals surface area contributed by atoms with Crippen molar-refractivity contribution in [2.45, 2.75) is 13.0 Å². The summed E-state index contributed by atoms with van der Waals surface area (Å²) >= 11 is 11.7. The molecule has 0 amide bonds. The fourth-order valence-electron chi connectivity index (χ4n) is 2.03. The SMILES string of the molecule is CC(c1ccc(Cl)cc1)N(C)c1cc(Cl)c(F)cc1N. The molecule has 0 fully saturated rings.